The van der Waals surface area contributed by atoms with Crippen molar-refractivity contribution >= 4 is 11.6 Å². The van der Waals surface area contributed by atoms with Gasteiger partial charge in [0.05, 0.1) is 12.6 Å². The lowest BCUT2D eigenvalue weighted by atomic mass is 10.2. The maximum absolute atomic E-state index is 9.14. The lowest BCUT2D eigenvalue weighted by molar-refractivity contribution is 0.178. The van der Waals surface area contributed by atoms with Gasteiger partial charge < -0.3 is 20.5 Å². The molecule has 0 amide bonds. The van der Waals surface area contributed by atoms with Crippen LogP contribution in [0.2, 0.25) is 0 Å². The Hall–Kier alpha value is -1.40. The summed E-state index contributed by atoms with van der Waals surface area (Å²) in [6, 6.07) is 1.81. The molecule has 0 aromatic carbocycles. The number of ether oxygens (including phenoxy) is 1. The molecular formula is C11H20N4O2. The number of aliphatic hydroxyl groups is 1. The Morgan fingerprint density at radius 3 is 2.65 bits per heavy atom. The van der Waals surface area contributed by atoms with Gasteiger partial charge in [-0.2, -0.15) is 0 Å². The Morgan fingerprint density at radius 2 is 2.12 bits per heavy atom. The van der Waals surface area contributed by atoms with Crippen LogP contribution in [0.5, 0.6) is 0 Å². The summed E-state index contributed by atoms with van der Waals surface area (Å²) in [5.41, 5.74) is 0. The normalized spacial score (nSPS) is 12.2. The van der Waals surface area contributed by atoms with Crippen LogP contribution in [0.4, 0.5) is 11.6 Å². The third-order valence-corrected chi connectivity index (χ3v) is 2.37. The van der Waals surface area contributed by atoms with Gasteiger partial charge in [0.1, 0.15) is 18.2 Å². The van der Waals surface area contributed by atoms with Gasteiger partial charge in [-0.1, -0.05) is 6.92 Å². The third-order valence-electron chi connectivity index (χ3n) is 2.37. The van der Waals surface area contributed by atoms with Crippen LogP contribution in [-0.2, 0) is 11.3 Å². The van der Waals surface area contributed by atoms with E-state index in [9.17, 15) is 0 Å². The molecule has 0 spiro atoms. The number of rotatable bonds is 7. The summed E-state index contributed by atoms with van der Waals surface area (Å²) >= 11 is 0. The Bertz CT molecular complexity index is 342. The van der Waals surface area contributed by atoms with E-state index in [-0.39, 0.29) is 12.6 Å². The van der Waals surface area contributed by atoms with Crippen molar-refractivity contribution in [3.63, 3.8) is 0 Å². The Kier molecular flexibility index (Phi) is 5.65. The Labute approximate surface area is 101 Å². The van der Waals surface area contributed by atoms with Gasteiger partial charge in [-0.05, 0) is 6.42 Å². The maximum atomic E-state index is 9.14. The first-order valence-corrected chi connectivity index (χ1v) is 5.65. The number of nitrogens with one attached hydrogen (secondary N) is 2. The van der Waals surface area contributed by atoms with Crippen LogP contribution in [-0.4, -0.2) is 41.9 Å². The first-order valence-electron chi connectivity index (χ1n) is 5.65. The topological polar surface area (TPSA) is 79.3 Å². The predicted molar refractivity (Wildman–Crippen MR) is 67.1 cm³/mol. The van der Waals surface area contributed by atoms with E-state index in [1.54, 1.807) is 20.2 Å². The number of hydrogen-bond acceptors (Lipinski definition) is 6. The largest absolute Gasteiger partial charge is 0.394 e. The fraction of sp³-hybridized carbons (Fsp3) is 0.636. The quantitative estimate of drug-likeness (QED) is 0.655. The Balaban J connectivity index is 2.85. The molecule has 3 N–H and O–H groups in total. The molecule has 0 aliphatic rings. The molecule has 1 atom stereocenters. The minimum Gasteiger partial charge on any atom is -0.394 e. The molecule has 0 aliphatic heterocycles. The highest BCUT2D eigenvalue weighted by atomic mass is 16.5. The zero-order valence-electron chi connectivity index (χ0n) is 10.5. The molecule has 6 nitrogen and oxygen atoms in total. The average molecular weight is 240 g/mol. The maximum Gasteiger partial charge on any atom is 0.158 e. The molecule has 0 saturated heterocycles. The van der Waals surface area contributed by atoms with Gasteiger partial charge in [-0.15, -0.1) is 0 Å². The van der Waals surface area contributed by atoms with Crippen LogP contribution >= 0.6 is 0 Å². The van der Waals surface area contributed by atoms with Gasteiger partial charge >= 0.3 is 0 Å². The zero-order chi connectivity index (χ0) is 12.7. The highest BCUT2D eigenvalue weighted by molar-refractivity contribution is 5.47. The summed E-state index contributed by atoms with van der Waals surface area (Å²) in [5, 5.41) is 15.3. The number of methoxy groups -OCH3 is 1. The van der Waals surface area contributed by atoms with Gasteiger partial charge in [0.25, 0.3) is 0 Å². The van der Waals surface area contributed by atoms with Crippen molar-refractivity contribution in [2.75, 3.05) is 31.4 Å². The molecule has 1 rings (SSSR count). The van der Waals surface area contributed by atoms with Crippen molar-refractivity contribution in [1.82, 2.24) is 9.97 Å². The predicted octanol–water partition coefficient (Wildman–Crippen LogP) is 0.847. The van der Waals surface area contributed by atoms with E-state index in [0.29, 0.717) is 18.2 Å². The zero-order valence-corrected chi connectivity index (χ0v) is 10.5. The molecule has 0 bridgehead atoms. The van der Waals surface area contributed by atoms with E-state index in [4.69, 9.17) is 9.84 Å². The van der Waals surface area contributed by atoms with Crippen LogP contribution in [0.15, 0.2) is 6.07 Å². The molecule has 0 saturated carbocycles. The monoisotopic (exact) mass is 240 g/mol. The molecule has 6 heteroatoms. The molecule has 0 fully saturated rings. The van der Waals surface area contributed by atoms with Gasteiger partial charge in [-0.3, -0.25) is 0 Å². The van der Waals surface area contributed by atoms with Gasteiger partial charge in [0.2, 0.25) is 0 Å². The van der Waals surface area contributed by atoms with Crippen LogP contribution in [0.1, 0.15) is 19.2 Å². The van der Waals surface area contributed by atoms with Crippen molar-refractivity contribution in [3.05, 3.63) is 11.9 Å². The third kappa shape index (κ3) is 4.16. The summed E-state index contributed by atoms with van der Waals surface area (Å²) in [7, 11) is 3.40. The van der Waals surface area contributed by atoms with Crippen molar-refractivity contribution in [3.8, 4) is 0 Å². The van der Waals surface area contributed by atoms with Crippen molar-refractivity contribution < 1.29 is 9.84 Å². The number of hydrogen-bond donors (Lipinski definition) is 3. The number of aromatic nitrogens is 2. The minimum absolute atomic E-state index is 0.00463. The number of anilines is 2. The first-order chi connectivity index (χ1) is 8.23. The van der Waals surface area contributed by atoms with E-state index < -0.39 is 0 Å². The summed E-state index contributed by atoms with van der Waals surface area (Å²) in [4.78, 5) is 8.56. The first kappa shape index (κ1) is 13.7. The lowest BCUT2D eigenvalue weighted by Gasteiger charge is -2.15. The molecular weight excluding hydrogens is 220 g/mol. The van der Waals surface area contributed by atoms with Gasteiger partial charge in [0, 0.05) is 20.2 Å². The Morgan fingerprint density at radius 1 is 1.41 bits per heavy atom. The molecule has 17 heavy (non-hydrogen) atoms. The smallest absolute Gasteiger partial charge is 0.158 e. The highest BCUT2D eigenvalue weighted by Crippen LogP contribution is 2.13. The fourth-order valence-electron chi connectivity index (χ4n) is 1.38. The minimum atomic E-state index is 0.00463. The second kappa shape index (κ2) is 7.03. The summed E-state index contributed by atoms with van der Waals surface area (Å²) in [6.45, 7) is 2.44. The SMILES string of the molecule is CCC(CO)Nc1cc(NC)nc(COC)n1. The molecule has 1 aromatic rings. The molecule has 1 aromatic heterocycles. The molecule has 1 heterocycles. The van der Waals surface area contributed by atoms with Crippen molar-refractivity contribution in [2.45, 2.75) is 26.0 Å². The molecule has 0 radical (unpaired) electrons. The molecule has 0 aliphatic carbocycles. The second-order valence-corrected chi connectivity index (χ2v) is 3.67. The summed E-state index contributed by atoms with van der Waals surface area (Å²) in [5.74, 6) is 2.02. The van der Waals surface area contributed by atoms with Crippen LogP contribution in [0, 0.1) is 0 Å². The standard InChI is InChI=1S/C11H20N4O2/c1-4-8(6-16)13-10-5-9(12-2)14-11(15-10)7-17-3/h5,8,16H,4,6-7H2,1-3H3,(H2,12,13,14,15). The average Bonchev–Trinajstić information content (AvgIpc) is 2.36. The fourth-order valence-corrected chi connectivity index (χ4v) is 1.38. The summed E-state index contributed by atoms with van der Waals surface area (Å²) < 4.78 is 5.01. The van der Waals surface area contributed by atoms with E-state index in [1.165, 1.54) is 0 Å². The van der Waals surface area contributed by atoms with Crippen LogP contribution in [0.3, 0.4) is 0 Å². The van der Waals surface area contributed by atoms with Crippen LogP contribution < -0.4 is 10.6 Å². The van der Waals surface area contributed by atoms with E-state index >= 15 is 0 Å². The molecule has 96 valence electrons. The molecule has 1 unspecified atom stereocenters. The van der Waals surface area contributed by atoms with E-state index in [2.05, 4.69) is 20.6 Å². The number of nitrogens with zero attached hydrogens (tertiary/aromatic N) is 2. The van der Waals surface area contributed by atoms with E-state index in [0.717, 1.165) is 12.2 Å². The number of aliphatic hydroxyl groups excluding tert-OH is 1. The van der Waals surface area contributed by atoms with E-state index in [1.807, 2.05) is 6.92 Å². The van der Waals surface area contributed by atoms with Crippen molar-refractivity contribution in [1.29, 1.82) is 0 Å². The lowest BCUT2D eigenvalue weighted by Crippen LogP contribution is -2.23. The van der Waals surface area contributed by atoms with Crippen LogP contribution in [0.25, 0.3) is 0 Å². The summed E-state index contributed by atoms with van der Waals surface area (Å²) in [6.07, 6.45) is 0.828. The highest BCUT2D eigenvalue weighted by Gasteiger charge is 2.08. The van der Waals surface area contributed by atoms with Gasteiger partial charge in [-0.25, -0.2) is 9.97 Å². The van der Waals surface area contributed by atoms with Gasteiger partial charge in [0.15, 0.2) is 5.82 Å². The van der Waals surface area contributed by atoms with Crippen molar-refractivity contribution in [2.24, 2.45) is 0 Å². The second-order valence-electron chi connectivity index (χ2n) is 3.67.